The molecule has 1 atom stereocenters. The van der Waals surface area contributed by atoms with Crippen molar-refractivity contribution < 1.29 is 29.4 Å². The maximum absolute atomic E-state index is 11.9. The zero-order valence-corrected chi connectivity index (χ0v) is 16.3. The molecular formula is C20H35NO6. The van der Waals surface area contributed by atoms with Crippen LogP contribution >= 0.6 is 0 Å². The molecule has 0 heterocycles. The molecule has 0 aliphatic rings. The Balaban J connectivity index is 3.68. The molecule has 0 aromatic rings. The van der Waals surface area contributed by atoms with Crippen LogP contribution in [0.5, 0.6) is 0 Å². The van der Waals surface area contributed by atoms with Crippen LogP contribution in [0, 0.1) is 5.92 Å². The molecule has 0 radical (unpaired) electrons. The van der Waals surface area contributed by atoms with Gasteiger partial charge in [0.2, 0.25) is 0 Å². The van der Waals surface area contributed by atoms with E-state index in [1.807, 2.05) is 0 Å². The predicted molar refractivity (Wildman–Crippen MR) is 102 cm³/mol. The molecule has 0 saturated heterocycles. The van der Waals surface area contributed by atoms with E-state index in [0.29, 0.717) is 38.0 Å². The molecule has 0 unspecified atom stereocenters. The zero-order valence-electron chi connectivity index (χ0n) is 16.3. The third-order valence-corrected chi connectivity index (χ3v) is 4.60. The lowest BCUT2D eigenvalue weighted by Gasteiger charge is -2.10. The number of carbonyl (C=O) groups excluding carboxylic acids is 2. The summed E-state index contributed by atoms with van der Waals surface area (Å²) in [4.78, 5) is 45.1. The van der Waals surface area contributed by atoms with Crippen molar-refractivity contribution in [1.82, 2.24) is 0 Å². The number of carboxylic acids is 2. The van der Waals surface area contributed by atoms with E-state index in [-0.39, 0.29) is 25.0 Å². The minimum atomic E-state index is -1.11. The molecule has 27 heavy (non-hydrogen) atoms. The first-order chi connectivity index (χ1) is 12.9. The summed E-state index contributed by atoms with van der Waals surface area (Å²) in [5.74, 6) is -2.90. The highest BCUT2D eigenvalue weighted by Gasteiger charge is 2.21. The van der Waals surface area contributed by atoms with Gasteiger partial charge in [-0.05, 0) is 38.6 Å². The maximum Gasteiger partial charge on any atom is 0.306 e. The van der Waals surface area contributed by atoms with Gasteiger partial charge in [-0.25, -0.2) is 0 Å². The summed E-state index contributed by atoms with van der Waals surface area (Å²) >= 11 is 0. The van der Waals surface area contributed by atoms with E-state index in [2.05, 4.69) is 0 Å². The van der Waals surface area contributed by atoms with Gasteiger partial charge >= 0.3 is 11.9 Å². The van der Waals surface area contributed by atoms with E-state index in [4.69, 9.17) is 15.9 Å². The number of aliphatic carboxylic acids is 2. The number of Topliss-reactive ketones (excluding diaryl/α,β-unsaturated/α-hetero) is 2. The van der Waals surface area contributed by atoms with Gasteiger partial charge in [0.25, 0.3) is 0 Å². The zero-order chi connectivity index (χ0) is 20.5. The van der Waals surface area contributed by atoms with Crippen molar-refractivity contribution in [3.63, 3.8) is 0 Å². The van der Waals surface area contributed by atoms with Crippen LogP contribution in [0.4, 0.5) is 0 Å². The Kier molecular flexibility index (Phi) is 15.3. The Labute approximate surface area is 161 Å². The number of nitrogens with two attached hydrogens (primary N) is 1. The molecule has 0 aliphatic carbocycles. The first-order valence-electron chi connectivity index (χ1n) is 10.0. The highest BCUT2D eigenvalue weighted by Crippen LogP contribution is 2.16. The van der Waals surface area contributed by atoms with Gasteiger partial charge in [0, 0.05) is 32.1 Å². The van der Waals surface area contributed by atoms with E-state index >= 15 is 0 Å². The quantitative estimate of drug-likeness (QED) is 0.290. The fraction of sp³-hybridized carbons (Fsp3) is 0.800. The molecule has 0 spiro atoms. The van der Waals surface area contributed by atoms with Crippen LogP contribution in [0.2, 0.25) is 0 Å². The second kappa shape index (κ2) is 16.4. The summed E-state index contributed by atoms with van der Waals surface area (Å²) in [6.07, 6.45) is 8.50. The van der Waals surface area contributed by atoms with Gasteiger partial charge in [-0.3, -0.25) is 19.2 Å². The number of carboxylic acid groups (broad SMARTS) is 2. The second-order valence-corrected chi connectivity index (χ2v) is 7.12. The Morgan fingerprint density at radius 3 is 1.63 bits per heavy atom. The fourth-order valence-corrected chi connectivity index (χ4v) is 2.93. The first kappa shape index (κ1) is 25.2. The lowest BCUT2D eigenvalue weighted by molar-refractivity contribution is -0.145. The highest BCUT2D eigenvalue weighted by atomic mass is 16.4. The predicted octanol–water partition coefficient (Wildman–Crippen LogP) is 3.33. The molecule has 0 aromatic carbocycles. The summed E-state index contributed by atoms with van der Waals surface area (Å²) in [6, 6.07) is 0. The SMILES string of the molecule is NCCCCCC(=O)CCCCCCCC(=O)C[C@@H](CCC(=O)O)C(=O)O. The van der Waals surface area contributed by atoms with Crippen LogP contribution in [0.3, 0.4) is 0 Å². The molecule has 0 amide bonds. The van der Waals surface area contributed by atoms with Crippen LogP contribution in [-0.2, 0) is 19.2 Å². The average Bonchev–Trinajstić information content (AvgIpc) is 2.61. The molecule has 4 N–H and O–H groups in total. The van der Waals surface area contributed by atoms with Crippen LogP contribution in [0.25, 0.3) is 0 Å². The molecule has 0 saturated carbocycles. The van der Waals surface area contributed by atoms with E-state index in [9.17, 15) is 19.2 Å². The van der Waals surface area contributed by atoms with Crippen molar-refractivity contribution in [1.29, 1.82) is 0 Å². The number of rotatable bonds is 19. The Bertz CT molecular complexity index is 463. The summed E-state index contributed by atoms with van der Waals surface area (Å²) in [6.45, 7) is 0.677. The van der Waals surface area contributed by atoms with E-state index in [1.165, 1.54) is 0 Å². The van der Waals surface area contributed by atoms with Gasteiger partial charge in [-0.1, -0.05) is 25.7 Å². The summed E-state index contributed by atoms with van der Waals surface area (Å²) in [5, 5.41) is 17.7. The summed E-state index contributed by atoms with van der Waals surface area (Å²) < 4.78 is 0. The third kappa shape index (κ3) is 16.2. The van der Waals surface area contributed by atoms with Gasteiger partial charge < -0.3 is 15.9 Å². The van der Waals surface area contributed by atoms with Crippen molar-refractivity contribution in [3.05, 3.63) is 0 Å². The monoisotopic (exact) mass is 385 g/mol. The molecular weight excluding hydrogens is 350 g/mol. The van der Waals surface area contributed by atoms with Crippen molar-refractivity contribution in [2.75, 3.05) is 6.54 Å². The number of carbonyl (C=O) groups is 4. The maximum atomic E-state index is 11.9. The Morgan fingerprint density at radius 1 is 0.667 bits per heavy atom. The molecule has 0 fully saturated rings. The van der Waals surface area contributed by atoms with Crippen molar-refractivity contribution in [2.45, 2.75) is 89.9 Å². The Hall–Kier alpha value is -1.76. The highest BCUT2D eigenvalue weighted by molar-refractivity contribution is 5.84. The molecule has 0 bridgehead atoms. The van der Waals surface area contributed by atoms with Gasteiger partial charge in [0.15, 0.2) is 0 Å². The van der Waals surface area contributed by atoms with E-state index < -0.39 is 17.9 Å². The average molecular weight is 386 g/mol. The van der Waals surface area contributed by atoms with E-state index in [0.717, 1.165) is 44.9 Å². The summed E-state index contributed by atoms with van der Waals surface area (Å²) in [7, 11) is 0. The summed E-state index contributed by atoms with van der Waals surface area (Å²) in [5.41, 5.74) is 5.41. The number of hydrogen-bond acceptors (Lipinski definition) is 5. The third-order valence-electron chi connectivity index (χ3n) is 4.60. The molecule has 0 rings (SSSR count). The molecule has 7 heteroatoms. The van der Waals surface area contributed by atoms with Crippen molar-refractivity contribution in [2.24, 2.45) is 11.7 Å². The fourth-order valence-electron chi connectivity index (χ4n) is 2.93. The minimum absolute atomic E-state index is 0.0172. The molecule has 0 aliphatic heterocycles. The minimum Gasteiger partial charge on any atom is -0.481 e. The first-order valence-corrected chi connectivity index (χ1v) is 10.0. The lowest BCUT2D eigenvalue weighted by atomic mass is 9.95. The topological polar surface area (TPSA) is 135 Å². The van der Waals surface area contributed by atoms with Crippen LogP contribution < -0.4 is 5.73 Å². The molecule has 7 nitrogen and oxygen atoms in total. The van der Waals surface area contributed by atoms with Crippen molar-refractivity contribution in [3.8, 4) is 0 Å². The van der Waals surface area contributed by atoms with E-state index in [1.54, 1.807) is 0 Å². The number of unbranched alkanes of at least 4 members (excludes halogenated alkanes) is 6. The normalized spacial score (nSPS) is 11.9. The van der Waals surface area contributed by atoms with Gasteiger partial charge in [0.05, 0.1) is 5.92 Å². The van der Waals surface area contributed by atoms with Crippen molar-refractivity contribution >= 4 is 23.5 Å². The van der Waals surface area contributed by atoms with Gasteiger partial charge in [-0.15, -0.1) is 0 Å². The largest absolute Gasteiger partial charge is 0.481 e. The number of hydrogen-bond donors (Lipinski definition) is 3. The second-order valence-electron chi connectivity index (χ2n) is 7.12. The lowest BCUT2D eigenvalue weighted by Crippen LogP contribution is -2.19. The van der Waals surface area contributed by atoms with Gasteiger partial charge in [0.1, 0.15) is 11.6 Å². The Morgan fingerprint density at radius 2 is 1.15 bits per heavy atom. The van der Waals surface area contributed by atoms with Gasteiger partial charge in [-0.2, -0.15) is 0 Å². The number of ketones is 2. The molecule has 0 aromatic heterocycles. The smallest absolute Gasteiger partial charge is 0.306 e. The van der Waals surface area contributed by atoms with Crippen LogP contribution in [0.15, 0.2) is 0 Å². The van der Waals surface area contributed by atoms with Crippen LogP contribution in [-0.4, -0.2) is 40.3 Å². The standard InChI is InChI=1S/C20H35NO6/c21-14-8-4-7-10-17(22)9-5-2-1-3-6-11-18(23)15-16(20(26)27)12-13-19(24)25/h16H,1-15,21H2,(H,24,25)(H,26,27)/t16-/m1/s1. The van der Waals surface area contributed by atoms with Crippen LogP contribution in [0.1, 0.15) is 89.9 Å². The molecule has 156 valence electrons.